The highest BCUT2D eigenvalue weighted by Crippen LogP contribution is 2.18. The molecule has 1 fully saturated rings. The summed E-state index contributed by atoms with van der Waals surface area (Å²) in [5.74, 6) is 0.560. The van der Waals surface area contributed by atoms with Crippen LogP contribution in [0.1, 0.15) is 11.1 Å². The van der Waals surface area contributed by atoms with E-state index < -0.39 is 0 Å². The molecule has 1 aliphatic rings. The van der Waals surface area contributed by atoms with Gasteiger partial charge in [0.2, 0.25) is 5.91 Å². The molecular formula is C23H27N3O3. The first-order valence-corrected chi connectivity index (χ1v) is 9.77. The number of carbonyl (C=O) groups excluding carboxylic acids is 2. The average Bonchev–Trinajstić information content (AvgIpc) is 2.77. The molecule has 0 spiro atoms. The van der Waals surface area contributed by atoms with E-state index in [2.05, 4.69) is 28.9 Å². The Balaban J connectivity index is 1.43. The van der Waals surface area contributed by atoms with Crippen molar-refractivity contribution in [3.05, 3.63) is 72.3 Å². The Kier molecular flexibility index (Phi) is 6.89. The van der Waals surface area contributed by atoms with Gasteiger partial charge in [-0.15, -0.1) is 0 Å². The Morgan fingerprint density at radius 1 is 1.07 bits per heavy atom. The monoisotopic (exact) mass is 393 g/mol. The van der Waals surface area contributed by atoms with Gasteiger partial charge in [-0.2, -0.15) is 0 Å². The molecule has 1 N–H and O–H groups in total. The van der Waals surface area contributed by atoms with Crippen molar-refractivity contribution >= 4 is 17.5 Å². The molecule has 6 nitrogen and oxygen atoms in total. The van der Waals surface area contributed by atoms with E-state index in [-0.39, 0.29) is 18.4 Å². The third-order valence-electron chi connectivity index (χ3n) is 5.01. The Labute approximate surface area is 171 Å². The zero-order valence-corrected chi connectivity index (χ0v) is 16.8. The molecule has 1 aliphatic heterocycles. The second kappa shape index (κ2) is 9.78. The zero-order valence-electron chi connectivity index (χ0n) is 16.8. The number of hydrogen-bond acceptors (Lipinski definition) is 4. The fourth-order valence-electron chi connectivity index (χ4n) is 3.25. The van der Waals surface area contributed by atoms with Crippen molar-refractivity contribution in [2.75, 3.05) is 37.7 Å². The van der Waals surface area contributed by atoms with E-state index in [1.54, 1.807) is 0 Å². The van der Waals surface area contributed by atoms with Gasteiger partial charge >= 0.3 is 0 Å². The van der Waals surface area contributed by atoms with E-state index >= 15 is 0 Å². The number of aryl methyl sites for hydroxylation is 1. The van der Waals surface area contributed by atoms with Crippen molar-refractivity contribution in [2.24, 2.45) is 0 Å². The highest BCUT2D eigenvalue weighted by molar-refractivity contribution is 5.87. The van der Waals surface area contributed by atoms with Crippen molar-refractivity contribution in [2.45, 2.75) is 13.5 Å². The van der Waals surface area contributed by atoms with Gasteiger partial charge in [0.15, 0.2) is 6.61 Å². The summed E-state index contributed by atoms with van der Waals surface area (Å²) in [5, 5.41) is 2.88. The standard InChI is InChI=1S/C23H27N3O3/c1-3-23(28)26-14-12-25(13-15-26)20-10-8-19(9-11-20)16-24-22(27)17-29-21-7-5-4-6-18(21)2/h3-11H,1,12-17H2,2H3,(H,24,27). The maximum Gasteiger partial charge on any atom is 0.258 e. The summed E-state index contributed by atoms with van der Waals surface area (Å²) in [7, 11) is 0. The lowest BCUT2D eigenvalue weighted by Crippen LogP contribution is -2.48. The van der Waals surface area contributed by atoms with Crippen LogP contribution in [0.3, 0.4) is 0 Å². The van der Waals surface area contributed by atoms with Gasteiger partial charge in [0.25, 0.3) is 5.91 Å². The van der Waals surface area contributed by atoms with Crippen LogP contribution in [0.25, 0.3) is 0 Å². The summed E-state index contributed by atoms with van der Waals surface area (Å²) < 4.78 is 5.57. The number of anilines is 1. The second-order valence-corrected chi connectivity index (χ2v) is 7.01. The molecule has 2 aromatic carbocycles. The number of carbonyl (C=O) groups is 2. The molecular weight excluding hydrogens is 366 g/mol. The van der Waals surface area contributed by atoms with Crippen LogP contribution in [0.4, 0.5) is 5.69 Å². The first-order valence-electron chi connectivity index (χ1n) is 9.77. The minimum Gasteiger partial charge on any atom is -0.484 e. The Bertz CT molecular complexity index is 856. The summed E-state index contributed by atoms with van der Waals surface area (Å²) in [6.07, 6.45) is 1.37. The molecule has 2 amide bonds. The van der Waals surface area contributed by atoms with Crippen LogP contribution < -0.4 is 15.0 Å². The molecule has 0 aliphatic carbocycles. The maximum atomic E-state index is 12.0. The van der Waals surface area contributed by atoms with E-state index in [0.717, 1.165) is 35.7 Å². The normalized spacial score (nSPS) is 13.7. The summed E-state index contributed by atoms with van der Waals surface area (Å²) in [6.45, 7) is 8.93. The Hall–Kier alpha value is -3.28. The molecule has 0 atom stereocenters. The van der Waals surface area contributed by atoms with Crippen molar-refractivity contribution in [1.82, 2.24) is 10.2 Å². The second-order valence-electron chi connectivity index (χ2n) is 7.01. The number of para-hydroxylation sites is 1. The molecule has 0 radical (unpaired) electrons. The molecule has 0 aromatic heterocycles. The number of nitrogens with zero attached hydrogens (tertiary/aromatic N) is 2. The van der Waals surface area contributed by atoms with Gasteiger partial charge in [0.1, 0.15) is 5.75 Å². The minimum atomic E-state index is -0.152. The fourth-order valence-corrected chi connectivity index (χ4v) is 3.25. The van der Waals surface area contributed by atoms with E-state index in [4.69, 9.17) is 4.74 Å². The number of hydrogen-bond donors (Lipinski definition) is 1. The number of piperazine rings is 1. The number of ether oxygens (including phenoxy) is 1. The van der Waals surface area contributed by atoms with Crippen molar-refractivity contribution in [3.8, 4) is 5.75 Å². The topological polar surface area (TPSA) is 61.9 Å². The van der Waals surface area contributed by atoms with Crippen LogP contribution >= 0.6 is 0 Å². The summed E-state index contributed by atoms with van der Waals surface area (Å²) in [6, 6.07) is 15.8. The first kappa shape index (κ1) is 20.5. The largest absolute Gasteiger partial charge is 0.484 e. The number of nitrogens with one attached hydrogen (secondary N) is 1. The van der Waals surface area contributed by atoms with Crippen LogP contribution in [0.5, 0.6) is 5.75 Å². The van der Waals surface area contributed by atoms with Crippen LogP contribution in [0.2, 0.25) is 0 Å². The Morgan fingerprint density at radius 3 is 2.41 bits per heavy atom. The molecule has 0 unspecified atom stereocenters. The highest BCUT2D eigenvalue weighted by atomic mass is 16.5. The van der Waals surface area contributed by atoms with Crippen LogP contribution in [-0.2, 0) is 16.1 Å². The third-order valence-corrected chi connectivity index (χ3v) is 5.01. The first-order chi connectivity index (χ1) is 14.1. The van der Waals surface area contributed by atoms with Gasteiger partial charge < -0.3 is 19.9 Å². The fraction of sp³-hybridized carbons (Fsp3) is 0.304. The van der Waals surface area contributed by atoms with Crippen LogP contribution in [0, 0.1) is 6.92 Å². The minimum absolute atomic E-state index is 0.00333. The van der Waals surface area contributed by atoms with E-state index in [0.29, 0.717) is 19.6 Å². The predicted molar refractivity (Wildman–Crippen MR) is 114 cm³/mol. The molecule has 1 saturated heterocycles. The van der Waals surface area contributed by atoms with Gasteiger partial charge in [-0.25, -0.2) is 0 Å². The molecule has 2 aromatic rings. The smallest absolute Gasteiger partial charge is 0.258 e. The molecule has 3 rings (SSSR count). The van der Waals surface area contributed by atoms with E-state index in [1.807, 2.05) is 48.2 Å². The average molecular weight is 393 g/mol. The number of amides is 2. The molecule has 0 bridgehead atoms. The van der Waals surface area contributed by atoms with Crippen molar-refractivity contribution in [1.29, 1.82) is 0 Å². The van der Waals surface area contributed by atoms with Gasteiger partial charge in [-0.3, -0.25) is 9.59 Å². The van der Waals surface area contributed by atoms with Gasteiger partial charge in [-0.1, -0.05) is 36.9 Å². The molecule has 29 heavy (non-hydrogen) atoms. The Morgan fingerprint density at radius 2 is 1.76 bits per heavy atom. The number of rotatable bonds is 7. The molecule has 6 heteroatoms. The lowest BCUT2D eigenvalue weighted by Gasteiger charge is -2.35. The lowest BCUT2D eigenvalue weighted by molar-refractivity contribution is -0.126. The quantitative estimate of drug-likeness (QED) is 0.735. The van der Waals surface area contributed by atoms with Gasteiger partial charge in [0, 0.05) is 38.4 Å². The summed E-state index contributed by atoms with van der Waals surface area (Å²) in [5.41, 5.74) is 3.15. The molecule has 1 heterocycles. The lowest BCUT2D eigenvalue weighted by atomic mass is 10.1. The van der Waals surface area contributed by atoms with Crippen molar-refractivity contribution < 1.29 is 14.3 Å². The van der Waals surface area contributed by atoms with Gasteiger partial charge in [0.05, 0.1) is 0 Å². The zero-order chi connectivity index (χ0) is 20.6. The summed E-state index contributed by atoms with van der Waals surface area (Å²) >= 11 is 0. The SMILES string of the molecule is C=CC(=O)N1CCN(c2ccc(CNC(=O)COc3ccccc3C)cc2)CC1. The third kappa shape index (κ3) is 5.60. The van der Waals surface area contributed by atoms with E-state index in [9.17, 15) is 9.59 Å². The maximum absolute atomic E-state index is 12.0. The van der Waals surface area contributed by atoms with Crippen LogP contribution in [0.15, 0.2) is 61.2 Å². The molecule has 0 saturated carbocycles. The van der Waals surface area contributed by atoms with Gasteiger partial charge in [-0.05, 0) is 42.3 Å². The van der Waals surface area contributed by atoms with Crippen LogP contribution in [-0.4, -0.2) is 49.5 Å². The molecule has 152 valence electrons. The number of benzene rings is 2. The van der Waals surface area contributed by atoms with Crippen molar-refractivity contribution in [3.63, 3.8) is 0 Å². The van der Waals surface area contributed by atoms with E-state index in [1.165, 1.54) is 6.08 Å². The predicted octanol–water partition coefficient (Wildman–Crippen LogP) is 2.52. The highest BCUT2D eigenvalue weighted by Gasteiger charge is 2.19. The summed E-state index contributed by atoms with van der Waals surface area (Å²) in [4.78, 5) is 27.8.